The molecule has 3 fully saturated rings. The number of aliphatic hydroxyl groups excluding tert-OH is 1. The zero-order valence-corrected chi connectivity index (χ0v) is 31.9. The minimum Gasteiger partial charge on any atom is -0.489 e. The number of hydrogen-bond donors (Lipinski definition) is 4. The highest BCUT2D eigenvalue weighted by Gasteiger charge is 2.64. The molecule has 2 unspecified atom stereocenters. The fraction of sp³-hybridized carbons (Fsp3) is 0.513. The zero-order valence-electron chi connectivity index (χ0n) is 31.2. The van der Waals surface area contributed by atoms with E-state index in [4.69, 9.17) is 21.1 Å². The van der Waals surface area contributed by atoms with Crippen molar-refractivity contribution >= 4 is 34.8 Å². The molecule has 1 saturated carbocycles. The minimum atomic E-state index is -1.14. The number of ether oxygens (including phenoxy) is 2. The van der Waals surface area contributed by atoms with Crippen LogP contribution in [0.3, 0.4) is 0 Å². The van der Waals surface area contributed by atoms with Crippen molar-refractivity contribution in [2.45, 2.75) is 65.0 Å². The van der Waals surface area contributed by atoms with E-state index in [1.807, 2.05) is 24.3 Å². The van der Waals surface area contributed by atoms with Crippen LogP contribution in [0.5, 0.6) is 5.75 Å². The van der Waals surface area contributed by atoms with Crippen molar-refractivity contribution in [3.63, 3.8) is 0 Å². The minimum absolute atomic E-state index is 0.121. The molecule has 2 amide bonds. The summed E-state index contributed by atoms with van der Waals surface area (Å²) in [6.45, 7) is 14.3. The summed E-state index contributed by atoms with van der Waals surface area (Å²) in [5.74, 6) is 0.233. The van der Waals surface area contributed by atoms with Crippen molar-refractivity contribution in [2.75, 3.05) is 62.7 Å². The summed E-state index contributed by atoms with van der Waals surface area (Å²) in [6.07, 6.45) is 0.798. The molecule has 4 N–H and O–H groups in total. The Hall–Kier alpha value is -4.68. The number of carbonyl (C=O) groups excluding carboxylic acids is 2. The van der Waals surface area contributed by atoms with Crippen LogP contribution in [0, 0.1) is 22.2 Å². The van der Waals surface area contributed by atoms with E-state index in [-0.39, 0.29) is 46.8 Å². The highest BCUT2D eigenvalue weighted by atomic mass is 35.5. The first-order valence-electron chi connectivity index (χ1n) is 18.4. The molecule has 2 atom stereocenters. The molecule has 3 aliphatic rings. The van der Waals surface area contributed by atoms with Crippen LogP contribution < -0.4 is 31.1 Å². The van der Waals surface area contributed by atoms with Gasteiger partial charge in [0, 0.05) is 85.9 Å². The van der Waals surface area contributed by atoms with Gasteiger partial charge >= 0.3 is 0 Å². The lowest BCUT2D eigenvalue weighted by atomic mass is 9.49. The molecule has 0 bridgehead atoms. The average molecular weight is 761 g/mol. The van der Waals surface area contributed by atoms with E-state index in [0.717, 1.165) is 38.4 Å². The Morgan fingerprint density at radius 2 is 1.78 bits per heavy atom. The maximum atomic E-state index is 13.4. The topological polar surface area (TPSA) is 174 Å². The van der Waals surface area contributed by atoms with Crippen molar-refractivity contribution < 1.29 is 24.2 Å². The monoisotopic (exact) mass is 760 g/mol. The van der Waals surface area contributed by atoms with Gasteiger partial charge in [0.15, 0.2) is 0 Å². The molecule has 1 aromatic heterocycles. The van der Waals surface area contributed by atoms with Crippen molar-refractivity contribution in [1.29, 1.82) is 5.26 Å². The summed E-state index contributed by atoms with van der Waals surface area (Å²) in [7, 11) is 0. The number of nitrogens with one attached hydrogen (secondary N) is 3. The second-order valence-corrected chi connectivity index (χ2v) is 15.8. The van der Waals surface area contributed by atoms with E-state index >= 15 is 0 Å². The number of anilines is 2. The van der Waals surface area contributed by atoms with Gasteiger partial charge in [-0.15, -0.1) is 0 Å². The number of piperidine rings is 1. The molecule has 3 aromatic rings. The molecule has 0 spiro atoms. The number of nitrogens with zero attached hydrogens (tertiary/aromatic N) is 5. The number of amides is 2. The fourth-order valence-corrected chi connectivity index (χ4v) is 8.43. The third-order valence-corrected chi connectivity index (χ3v) is 11.2. The van der Waals surface area contributed by atoms with Gasteiger partial charge in [-0.2, -0.15) is 10.4 Å². The highest BCUT2D eigenvalue weighted by molar-refractivity contribution is 6.31. The summed E-state index contributed by atoms with van der Waals surface area (Å²) in [5, 5.41) is 32.7. The quantitative estimate of drug-likeness (QED) is 0.188. The molecule has 2 saturated heterocycles. The van der Waals surface area contributed by atoms with E-state index in [2.05, 4.69) is 64.6 Å². The average Bonchev–Trinajstić information content (AvgIpc) is 3.15. The van der Waals surface area contributed by atoms with Crippen LogP contribution in [-0.4, -0.2) is 102 Å². The molecule has 1 aliphatic carbocycles. The van der Waals surface area contributed by atoms with Crippen LogP contribution >= 0.6 is 11.6 Å². The zero-order chi connectivity index (χ0) is 38.6. The van der Waals surface area contributed by atoms with Crippen LogP contribution in [0.1, 0.15) is 62.5 Å². The normalized spacial score (nSPS) is 23.4. The third-order valence-electron chi connectivity index (χ3n) is 10.9. The van der Waals surface area contributed by atoms with Gasteiger partial charge in [-0.1, -0.05) is 39.3 Å². The second-order valence-electron chi connectivity index (χ2n) is 15.4. The lowest BCUT2D eigenvalue weighted by Crippen LogP contribution is -2.74. The van der Waals surface area contributed by atoms with Crippen molar-refractivity contribution in [3.8, 4) is 11.8 Å². The third kappa shape index (κ3) is 8.50. The first-order valence-corrected chi connectivity index (χ1v) is 18.8. The van der Waals surface area contributed by atoms with E-state index in [1.165, 1.54) is 16.9 Å². The Balaban J connectivity index is 0.889. The molecule has 288 valence electrons. The number of rotatable bonds is 13. The number of carbonyl (C=O) groups is 2. The largest absolute Gasteiger partial charge is 0.489 e. The molecule has 2 aromatic carbocycles. The van der Waals surface area contributed by atoms with E-state index < -0.39 is 12.3 Å². The number of aromatic nitrogens is 2. The molecule has 2 aliphatic heterocycles. The van der Waals surface area contributed by atoms with E-state index in [1.54, 1.807) is 18.2 Å². The van der Waals surface area contributed by atoms with E-state index in [9.17, 15) is 24.8 Å². The van der Waals surface area contributed by atoms with Crippen LogP contribution in [0.4, 0.5) is 11.4 Å². The summed E-state index contributed by atoms with van der Waals surface area (Å²) in [4.78, 5) is 42.1. The predicted octanol–water partition coefficient (Wildman–Crippen LogP) is 3.40. The van der Waals surface area contributed by atoms with Crippen LogP contribution in [0.2, 0.25) is 5.02 Å². The molecular formula is C39H49ClN8O6. The molecular weight excluding hydrogens is 712 g/mol. The van der Waals surface area contributed by atoms with Gasteiger partial charge in [0.2, 0.25) is 5.91 Å². The number of hydrogen-bond acceptors (Lipinski definition) is 11. The Morgan fingerprint density at radius 3 is 2.43 bits per heavy atom. The highest BCUT2D eigenvalue weighted by Crippen LogP contribution is 2.55. The standard InChI is InChI=1S/C39H49ClN8O6/c1-38(2)36(39(3,4)37(38)54-29-10-7-26(23-41)30(40)22-29)45-34(51)25-5-8-28(9-6-25)47-16-14-46(15-17-47)18-20-53-19-13-42-27-21-33(50)48(43-24-27)31-11-12-32(49)44-35(31)52/h5-10,21-22,24,31,35-37,42,52H,11-20H2,1-4H3,(H,44,49)(H,45,51). The van der Waals surface area contributed by atoms with Crippen LogP contribution in [-0.2, 0) is 9.53 Å². The lowest BCUT2D eigenvalue weighted by molar-refractivity contribution is -0.164. The molecule has 6 rings (SSSR count). The number of nitriles is 1. The number of piperazine rings is 1. The Labute approximate surface area is 320 Å². The summed E-state index contributed by atoms with van der Waals surface area (Å²) >= 11 is 6.23. The predicted molar refractivity (Wildman–Crippen MR) is 205 cm³/mol. The van der Waals surface area contributed by atoms with Crippen molar-refractivity contribution in [2.24, 2.45) is 10.8 Å². The lowest BCUT2D eigenvalue weighted by Gasteiger charge is -2.63. The van der Waals surface area contributed by atoms with Gasteiger partial charge in [0.25, 0.3) is 11.5 Å². The SMILES string of the molecule is CC1(C)C(NC(=O)c2ccc(N3CCN(CCOCCNc4cnn(C5CCC(=O)NC5O)c(=O)c4)CC3)cc2)C(C)(C)C1Oc1ccc(C#N)c(Cl)c1. The smallest absolute Gasteiger partial charge is 0.269 e. The van der Waals surface area contributed by atoms with Crippen molar-refractivity contribution in [3.05, 3.63) is 81.2 Å². The molecule has 14 nitrogen and oxygen atoms in total. The number of halogens is 1. The van der Waals surface area contributed by atoms with Gasteiger partial charge in [-0.25, -0.2) is 4.68 Å². The Bertz CT molecular complexity index is 1900. The molecule has 0 radical (unpaired) electrons. The summed E-state index contributed by atoms with van der Waals surface area (Å²) < 4.78 is 13.4. The van der Waals surface area contributed by atoms with Gasteiger partial charge in [0.05, 0.1) is 35.7 Å². The van der Waals surface area contributed by atoms with Gasteiger partial charge in [-0.05, 0) is 42.8 Å². The van der Waals surface area contributed by atoms with Crippen LogP contribution in [0.25, 0.3) is 0 Å². The number of benzene rings is 2. The maximum Gasteiger partial charge on any atom is 0.269 e. The Morgan fingerprint density at radius 1 is 1.06 bits per heavy atom. The fourth-order valence-electron chi connectivity index (χ4n) is 8.22. The molecule has 3 heterocycles. The molecule has 15 heteroatoms. The van der Waals surface area contributed by atoms with Gasteiger partial charge in [0.1, 0.15) is 30.2 Å². The van der Waals surface area contributed by atoms with Gasteiger partial charge < -0.3 is 35.4 Å². The van der Waals surface area contributed by atoms with Crippen LogP contribution in [0.15, 0.2) is 59.5 Å². The summed E-state index contributed by atoms with van der Waals surface area (Å²) in [6, 6.07) is 15.6. The maximum absolute atomic E-state index is 13.4. The first kappa shape index (κ1) is 39.0. The number of aliphatic hydroxyl groups is 1. The van der Waals surface area contributed by atoms with Gasteiger partial charge in [-0.3, -0.25) is 19.3 Å². The second kappa shape index (κ2) is 16.4. The van der Waals surface area contributed by atoms with E-state index in [0.29, 0.717) is 53.8 Å². The first-order chi connectivity index (χ1) is 25.8. The Kier molecular flexibility index (Phi) is 11.8. The summed E-state index contributed by atoms with van der Waals surface area (Å²) in [5.41, 5.74) is 1.60. The van der Waals surface area contributed by atoms with Crippen molar-refractivity contribution in [1.82, 2.24) is 25.3 Å². The molecule has 54 heavy (non-hydrogen) atoms.